The van der Waals surface area contributed by atoms with Crippen LogP contribution in [0.25, 0.3) is 0 Å². The predicted molar refractivity (Wildman–Crippen MR) is 116 cm³/mol. The maximum atomic E-state index is 12.9. The Morgan fingerprint density at radius 3 is 2.45 bits per heavy atom. The van der Waals surface area contributed by atoms with Crippen molar-refractivity contribution in [1.29, 1.82) is 0 Å². The van der Waals surface area contributed by atoms with Gasteiger partial charge in [0.05, 0.1) is 17.7 Å². The molecule has 1 amide bonds. The summed E-state index contributed by atoms with van der Waals surface area (Å²) >= 11 is 12.3. The maximum Gasteiger partial charge on any atom is 0.224 e. The number of halogens is 2. The molecule has 1 aliphatic heterocycles. The normalized spacial score (nSPS) is 18.9. The van der Waals surface area contributed by atoms with Gasteiger partial charge in [0.15, 0.2) is 0 Å². The summed E-state index contributed by atoms with van der Waals surface area (Å²) in [5.74, 6) is -0.788. The summed E-state index contributed by atoms with van der Waals surface area (Å²) in [5.41, 5.74) is 1.40. The second kappa shape index (κ2) is 9.47. The molecule has 2 atom stereocenters. The lowest BCUT2D eigenvalue weighted by Crippen LogP contribution is -2.46. The Bertz CT molecular complexity index is 947. The van der Waals surface area contributed by atoms with Gasteiger partial charge in [-0.05, 0) is 37.5 Å². The molecule has 1 aliphatic rings. The number of rotatable bonds is 6. The highest BCUT2D eigenvalue weighted by atomic mass is 35.5. The van der Waals surface area contributed by atoms with Gasteiger partial charge in [-0.15, -0.1) is 0 Å². The van der Waals surface area contributed by atoms with Crippen LogP contribution in [0.3, 0.4) is 0 Å². The lowest BCUT2D eigenvalue weighted by Gasteiger charge is -2.32. The zero-order valence-electron chi connectivity index (χ0n) is 16.1. The molecule has 8 heteroatoms. The van der Waals surface area contributed by atoms with E-state index in [2.05, 4.69) is 5.32 Å². The lowest BCUT2D eigenvalue weighted by molar-refractivity contribution is -0.126. The zero-order valence-corrected chi connectivity index (χ0v) is 18.5. The minimum Gasteiger partial charge on any atom is -0.349 e. The van der Waals surface area contributed by atoms with Crippen LogP contribution in [-0.2, 0) is 20.6 Å². The quantitative estimate of drug-likeness (QED) is 0.702. The van der Waals surface area contributed by atoms with Crippen molar-refractivity contribution in [2.75, 3.05) is 13.1 Å². The highest BCUT2D eigenvalue weighted by Gasteiger charge is 2.33. The average molecular weight is 455 g/mol. The number of benzene rings is 2. The molecule has 0 bridgehead atoms. The molecule has 3 rings (SSSR count). The summed E-state index contributed by atoms with van der Waals surface area (Å²) in [6.45, 7) is 2.48. The van der Waals surface area contributed by atoms with Crippen LogP contribution in [-0.4, -0.2) is 31.7 Å². The largest absolute Gasteiger partial charge is 0.349 e. The van der Waals surface area contributed by atoms with E-state index in [1.54, 1.807) is 18.2 Å². The van der Waals surface area contributed by atoms with Crippen molar-refractivity contribution in [3.05, 3.63) is 69.7 Å². The van der Waals surface area contributed by atoms with E-state index < -0.39 is 10.0 Å². The standard InChI is InChI=1S/C21H24Cl2N2O3S/c1-15(16-7-3-2-4-8-16)24-21(26)17-9-6-12-25(13-17)29(27,28)14-18-19(22)10-5-11-20(18)23/h2-5,7-8,10-11,15,17H,6,9,12-14H2,1H3,(H,24,26)/t15-,17-/m1/s1. The van der Waals surface area contributed by atoms with Gasteiger partial charge < -0.3 is 5.32 Å². The summed E-state index contributed by atoms with van der Waals surface area (Å²) in [7, 11) is -3.64. The van der Waals surface area contributed by atoms with E-state index in [-0.39, 0.29) is 30.2 Å². The van der Waals surface area contributed by atoms with Crippen LogP contribution >= 0.6 is 23.2 Å². The molecule has 1 fully saturated rings. The monoisotopic (exact) mass is 454 g/mol. The van der Waals surface area contributed by atoms with E-state index in [0.29, 0.717) is 35.0 Å². The van der Waals surface area contributed by atoms with Gasteiger partial charge in [-0.3, -0.25) is 4.79 Å². The van der Waals surface area contributed by atoms with Crippen LogP contribution in [0.15, 0.2) is 48.5 Å². The number of amides is 1. The molecular formula is C21H24Cl2N2O3S. The van der Waals surface area contributed by atoms with E-state index in [1.165, 1.54) is 4.31 Å². The van der Waals surface area contributed by atoms with Crippen LogP contribution < -0.4 is 5.32 Å². The molecule has 0 unspecified atom stereocenters. The Hall–Kier alpha value is -1.60. The summed E-state index contributed by atoms with van der Waals surface area (Å²) in [6.07, 6.45) is 1.29. The molecule has 0 radical (unpaired) electrons. The van der Waals surface area contributed by atoms with E-state index in [0.717, 1.165) is 5.56 Å². The topological polar surface area (TPSA) is 66.5 Å². The molecule has 1 N–H and O–H groups in total. The van der Waals surface area contributed by atoms with Crippen molar-refractivity contribution in [2.24, 2.45) is 5.92 Å². The van der Waals surface area contributed by atoms with E-state index in [1.807, 2.05) is 37.3 Å². The van der Waals surface area contributed by atoms with Gasteiger partial charge in [-0.2, -0.15) is 0 Å². The molecule has 2 aromatic rings. The molecule has 29 heavy (non-hydrogen) atoms. The number of hydrogen-bond donors (Lipinski definition) is 1. The Morgan fingerprint density at radius 1 is 1.14 bits per heavy atom. The smallest absolute Gasteiger partial charge is 0.224 e. The molecule has 1 saturated heterocycles. The number of nitrogens with one attached hydrogen (secondary N) is 1. The van der Waals surface area contributed by atoms with Crippen molar-refractivity contribution >= 4 is 39.1 Å². The fourth-order valence-corrected chi connectivity index (χ4v) is 5.87. The predicted octanol–water partition coefficient (Wildman–Crippen LogP) is 4.41. The number of carbonyl (C=O) groups excluding carboxylic acids is 1. The van der Waals surface area contributed by atoms with Gasteiger partial charge in [-0.1, -0.05) is 59.6 Å². The lowest BCUT2D eigenvalue weighted by atomic mass is 9.98. The molecule has 0 aromatic heterocycles. The van der Waals surface area contributed by atoms with Crippen LogP contribution in [0, 0.1) is 5.92 Å². The third-order valence-corrected chi connectivity index (χ3v) is 7.68. The highest BCUT2D eigenvalue weighted by molar-refractivity contribution is 7.88. The number of piperidine rings is 1. The van der Waals surface area contributed by atoms with Gasteiger partial charge in [0.25, 0.3) is 0 Å². The first kappa shape index (κ1) is 22.1. The van der Waals surface area contributed by atoms with Gasteiger partial charge in [0.2, 0.25) is 15.9 Å². The van der Waals surface area contributed by atoms with Crippen molar-refractivity contribution in [3.8, 4) is 0 Å². The van der Waals surface area contributed by atoms with Crippen molar-refractivity contribution < 1.29 is 13.2 Å². The Kier molecular flexibility index (Phi) is 7.22. The second-order valence-corrected chi connectivity index (χ2v) is 10.1. The number of nitrogens with zero attached hydrogens (tertiary/aromatic N) is 1. The average Bonchev–Trinajstić information content (AvgIpc) is 2.71. The molecule has 1 heterocycles. The first-order valence-corrected chi connectivity index (χ1v) is 11.9. The van der Waals surface area contributed by atoms with Gasteiger partial charge >= 0.3 is 0 Å². The number of sulfonamides is 1. The van der Waals surface area contributed by atoms with Gasteiger partial charge in [0, 0.05) is 28.7 Å². The summed E-state index contributed by atoms with van der Waals surface area (Å²) in [6, 6.07) is 14.5. The zero-order chi connectivity index (χ0) is 21.0. The van der Waals surface area contributed by atoms with Gasteiger partial charge in [-0.25, -0.2) is 12.7 Å². The number of carbonyl (C=O) groups is 1. The Balaban J connectivity index is 1.67. The highest BCUT2D eigenvalue weighted by Crippen LogP contribution is 2.29. The van der Waals surface area contributed by atoms with Gasteiger partial charge in [0.1, 0.15) is 0 Å². The van der Waals surface area contributed by atoms with E-state index in [4.69, 9.17) is 23.2 Å². The van der Waals surface area contributed by atoms with Crippen molar-refractivity contribution in [1.82, 2.24) is 9.62 Å². The molecule has 0 saturated carbocycles. The minimum absolute atomic E-state index is 0.128. The van der Waals surface area contributed by atoms with E-state index >= 15 is 0 Å². The summed E-state index contributed by atoms with van der Waals surface area (Å²) < 4.78 is 27.3. The van der Waals surface area contributed by atoms with Crippen LogP contribution in [0.5, 0.6) is 0 Å². The molecule has 0 aliphatic carbocycles. The molecule has 2 aromatic carbocycles. The van der Waals surface area contributed by atoms with E-state index in [9.17, 15) is 13.2 Å². The maximum absolute atomic E-state index is 12.9. The minimum atomic E-state index is -3.64. The molecule has 156 valence electrons. The third-order valence-electron chi connectivity index (χ3n) is 5.20. The fraction of sp³-hybridized carbons (Fsp3) is 0.381. The first-order chi connectivity index (χ1) is 13.8. The van der Waals surface area contributed by atoms with Crippen LogP contribution in [0.4, 0.5) is 0 Å². The number of hydrogen-bond acceptors (Lipinski definition) is 3. The van der Waals surface area contributed by atoms with Crippen molar-refractivity contribution in [3.63, 3.8) is 0 Å². The fourth-order valence-electron chi connectivity index (χ4n) is 3.51. The van der Waals surface area contributed by atoms with Crippen LogP contribution in [0.1, 0.15) is 36.9 Å². The Morgan fingerprint density at radius 2 is 1.79 bits per heavy atom. The summed E-state index contributed by atoms with van der Waals surface area (Å²) in [5, 5.41) is 3.65. The molecular weight excluding hydrogens is 431 g/mol. The third kappa shape index (κ3) is 5.51. The first-order valence-electron chi connectivity index (χ1n) is 9.54. The van der Waals surface area contributed by atoms with Crippen LogP contribution in [0.2, 0.25) is 10.0 Å². The Labute approximate surface area is 182 Å². The summed E-state index contributed by atoms with van der Waals surface area (Å²) in [4.78, 5) is 12.7. The second-order valence-electron chi connectivity index (χ2n) is 7.29. The van der Waals surface area contributed by atoms with Crippen molar-refractivity contribution in [2.45, 2.75) is 31.6 Å². The molecule has 0 spiro atoms. The molecule has 5 nitrogen and oxygen atoms in total. The SMILES string of the molecule is C[C@@H](NC(=O)[C@@H]1CCCN(S(=O)(=O)Cc2c(Cl)cccc2Cl)C1)c1ccccc1.